The van der Waals surface area contributed by atoms with Crippen LogP contribution in [-0.2, 0) is 0 Å². The number of hydrogen-bond acceptors (Lipinski definition) is 2. The van der Waals surface area contributed by atoms with Gasteiger partial charge in [0.15, 0.2) is 0 Å². The molecule has 0 radical (unpaired) electrons. The molecule has 0 aromatic heterocycles. The highest BCUT2D eigenvalue weighted by atomic mass is 16.2. The van der Waals surface area contributed by atoms with E-state index in [0.29, 0.717) is 5.57 Å². The Morgan fingerprint density at radius 3 is 2.31 bits per heavy atom. The number of benzene rings is 1. The zero-order valence-corrected chi connectivity index (χ0v) is 7.70. The second kappa shape index (κ2) is 3.77. The van der Waals surface area contributed by atoms with Crippen LogP contribution >= 0.6 is 0 Å². The molecule has 0 aliphatic heterocycles. The fourth-order valence-electron chi connectivity index (χ4n) is 1.39. The Kier molecular flexibility index (Phi) is 2.71. The number of rotatable bonds is 1. The maximum Gasteiger partial charge on any atom is 0.103 e. The normalized spacial score (nSPS) is 11.0. The molecule has 1 rings (SSSR count). The van der Waals surface area contributed by atoms with Crippen molar-refractivity contribution in [2.75, 3.05) is 0 Å². The molecule has 2 nitrogen and oxygen atoms in total. The van der Waals surface area contributed by atoms with Crippen LogP contribution in [0.4, 0.5) is 0 Å². The van der Waals surface area contributed by atoms with E-state index in [9.17, 15) is 0 Å². The van der Waals surface area contributed by atoms with Crippen molar-refractivity contribution in [3.8, 4) is 6.07 Å². The molecule has 1 N–H and O–H groups in total. The minimum absolute atomic E-state index is 0.315. The SMILES string of the molecule is Cc1cccc(C)c1/C(C#N)=C\O. The van der Waals surface area contributed by atoms with Crippen LogP contribution in [0, 0.1) is 25.2 Å². The summed E-state index contributed by atoms with van der Waals surface area (Å²) >= 11 is 0. The lowest BCUT2D eigenvalue weighted by molar-refractivity contribution is 0.476. The summed E-state index contributed by atoms with van der Waals surface area (Å²) < 4.78 is 0. The van der Waals surface area contributed by atoms with Gasteiger partial charge in [-0.2, -0.15) is 5.26 Å². The molecule has 2 heteroatoms. The van der Waals surface area contributed by atoms with Crippen molar-refractivity contribution in [1.82, 2.24) is 0 Å². The van der Waals surface area contributed by atoms with Gasteiger partial charge in [0.2, 0.25) is 0 Å². The van der Waals surface area contributed by atoms with Gasteiger partial charge in [-0.15, -0.1) is 0 Å². The first-order valence-electron chi connectivity index (χ1n) is 4.01. The van der Waals surface area contributed by atoms with Gasteiger partial charge in [-0.25, -0.2) is 0 Å². The summed E-state index contributed by atoms with van der Waals surface area (Å²) in [5.74, 6) is 0. The molecule has 0 aliphatic carbocycles. The van der Waals surface area contributed by atoms with Crippen LogP contribution in [0.5, 0.6) is 0 Å². The maximum absolute atomic E-state index is 8.84. The van der Waals surface area contributed by atoms with Crippen molar-refractivity contribution < 1.29 is 5.11 Å². The first-order chi connectivity index (χ1) is 6.20. The highest BCUT2D eigenvalue weighted by molar-refractivity contribution is 5.79. The number of nitrogens with zero attached hydrogens (tertiary/aromatic N) is 1. The molecule has 0 saturated heterocycles. The summed E-state index contributed by atoms with van der Waals surface area (Å²) in [5.41, 5.74) is 3.15. The van der Waals surface area contributed by atoms with Crippen LogP contribution in [0.25, 0.3) is 5.57 Å². The number of hydrogen-bond donors (Lipinski definition) is 1. The Labute approximate surface area is 77.8 Å². The average Bonchev–Trinajstić information content (AvgIpc) is 2.11. The highest BCUT2D eigenvalue weighted by Crippen LogP contribution is 2.21. The lowest BCUT2D eigenvalue weighted by atomic mass is 9.97. The Morgan fingerprint density at radius 1 is 1.38 bits per heavy atom. The second-order valence-electron chi connectivity index (χ2n) is 2.92. The molecule has 1 aromatic rings. The third-order valence-electron chi connectivity index (χ3n) is 2.00. The van der Waals surface area contributed by atoms with Crippen LogP contribution in [0.15, 0.2) is 24.5 Å². The number of nitriles is 1. The number of aryl methyl sites for hydroxylation is 2. The largest absolute Gasteiger partial charge is 0.514 e. The zero-order valence-electron chi connectivity index (χ0n) is 7.70. The van der Waals surface area contributed by atoms with Gasteiger partial charge >= 0.3 is 0 Å². The van der Waals surface area contributed by atoms with Gasteiger partial charge in [0.25, 0.3) is 0 Å². The van der Waals surface area contributed by atoms with Gasteiger partial charge in [0.05, 0.1) is 11.8 Å². The summed E-state index contributed by atoms with van der Waals surface area (Å²) in [6, 6.07) is 7.73. The summed E-state index contributed by atoms with van der Waals surface area (Å²) in [6.07, 6.45) is 0.856. The molecular formula is C11H11NO. The molecular weight excluding hydrogens is 162 g/mol. The molecule has 0 aliphatic rings. The van der Waals surface area contributed by atoms with E-state index in [0.717, 1.165) is 23.0 Å². The predicted molar refractivity (Wildman–Crippen MR) is 52.1 cm³/mol. The standard InChI is InChI=1S/C11H11NO/c1-8-4-3-5-9(2)11(8)10(6-12)7-13/h3-5,7,13H,1-2H3/b10-7-. The van der Waals surface area contributed by atoms with Crippen LogP contribution in [-0.4, -0.2) is 5.11 Å². The molecule has 0 fully saturated rings. The molecule has 0 atom stereocenters. The van der Waals surface area contributed by atoms with Crippen LogP contribution in [0.2, 0.25) is 0 Å². The monoisotopic (exact) mass is 173 g/mol. The summed E-state index contributed by atoms with van der Waals surface area (Å²) in [7, 11) is 0. The third kappa shape index (κ3) is 1.70. The molecule has 0 unspecified atom stereocenters. The first kappa shape index (κ1) is 9.34. The Hall–Kier alpha value is -1.75. The van der Waals surface area contributed by atoms with E-state index in [4.69, 9.17) is 10.4 Å². The van der Waals surface area contributed by atoms with E-state index in [1.807, 2.05) is 38.1 Å². The van der Waals surface area contributed by atoms with Crippen molar-refractivity contribution in [2.24, 2.45) is 0 Å². The topological polar surface area (TPSA) is 44.0 Å². The Balaban J connectivity index is 3.38. The van der Waals surface area contributed by atoms with E-state index in [1.54, 1.807) is 0 Å². The molecule has 13 heavy (non-hydrogen) atoms. The minimum Gasteiger partial charge on any atom is -0.514 e. The smallest absolute Gasteiger partial charge is 0.103 e. The molecule has 66 valence electrons. The van der Waals surface area contributed by atoms with Crippen LogP contribution in [0.1, 0.15) is 16.7 Å². The van der Waals surface area contributed by atoms with Gasteiger partial charge in [0, 0.05) is 5.56 Å². The summed E-state index contributed by atoms with van der Waals surface area (Å²) in [5, 5.41) is 17.6. The molecule has 0 heterocycles. The van der Waals surface area contributed by atoms with Gasteiger partial charge in [0.1, 0.15) is 6.07 Å². The van der Waals surface area contributed by atoms with E-state index < -0.39 is 0 Å². The Bertz CT molecular complexity index is 365. The van der Waals surface area contributed by atoms with Gasteiger partial charge in [-0.05, 0) is 25.0 Å². The fraction of sp³-hybridized carbons (Fsp3) is 0.182. The molecule has 0 bridgehead atoms. The molecule has 0 amide bonds. The van der Waals surface area contributed by atoms with Gasteiger partial charge in [-0.1, -0.05) is 18.2 Å². The Morgan fingerprint density at radius 2 is 1.92 bits per heavy atom. The maximum atomic E-state index is 8.84. The second-order valence-corrected chi connectivity index (χ2v) is 2.92. The van der Waals surface area contributed by atoms with Crippen molar-refractivity contribution in [3.05, 3.63) is 41.2 Å². The molecule has 0 spiro atoms. The third-order valence-corrected chi connectivity index (χ3v) is 2.00. The van der Waals surface area contributed by atoms with E-state index >= 15 is 0 Å². The predicted octanol–water partition coefficient (Wildman–Crippen LogP) is 2.73. The van der Waals surface area contributed by atoms with Crippen molar-refractivity contribution in [3.63, 3.8) is 0 Å². The average molecular weight is 173 g/mol. The van der Waals surface area contributed by atoms with Crippen molar-refractivity contribution >= 4 is 5.57 Å². The van der Waals surface area contributed by atoms with Crippen molar-refractivity contribution in [2.45, 2.75) is 13.8 Å². The molecule has 0 saturated carbocycles. The number of aliphatic hydroxyl groups is 1. The van der Waals surface area contributed by atoms with Crippen molar-refractivity contribution in [1.29, 1.82) is 5.26 Å². The first-order valence-corrected chi connectivity index (χ1v) is 4.01. The summed E-state index contributed by atoms with van der Waals surface area (Å²) in [6.45, 7) is 3.84. The highest BCUT2D eigenvalue weighted by Gasteiger charge is 2.06. The van der Waals surface area contributed by atoms with Gasteiger partial charge in [-0.3, -0.25) is 0 Å². The summed E-state index contributed by atoms with van der Waals surface area (Å²) in [4.78, 5) is 0. The molecule has 1 aromatic carbocycles. The van der Waals surface area contributed by atoms with Crippen LogP contribution in [0.3, 0.4) is 0 Å². The number of allylic oxidation sites excluding steroid dienone is 1. The quantitative estimate of drug-likeness (QED) is 0.524. The van der Waals surface area contributed by atoms with Crippen LogP contribution < -0.4 is 0 Å². The number of aliphatic hydroxyl groups excluding tert-OH is 1. The van der Waals surface area contributed by atoms with E-state index in [2.05, 4.69) is 0 Å². The lowest BCUT2D eigenvalue weighted by Gasteiger charge is -2.06. The van der Waals surface area contributed by atoms with E-state index in [-0.39, 0.29) is 0 Å². The lowest BCUT2D eigenvalue weighted by Crippen LogP contribution is -1.91. The minimum atomic E-state index is 0.315. The van der Waals surface area contributed by atoms with E-state index in [1.165, 1.54) is 0 Å². The fourth-order valence-corrected chi connectivity index (χ4v) is 1.39. The zero-order chi connectivity index (χ0) is 9.84. The van der Waals surface area contributed by atoms with Gasteiger partial charge < -0.3 is 5.11 Å².